The molecule has 3 nitrogen and oxygen atoms in total. The fourth-order valence-electron chi connectivity index (χ4n) is 2.85. The summed E-state index contributed by atoms with van der Waals surface area (Å²) in [6.45, 7) is 4.23. The van der Waals surface area contributed by atoms with Crippen molar-refractivity contribution in [2.45, 2.75) is 25.8 Å². The predicted molar refractivity (Wildman–Crippen MR) is 107 cm³/mol. The minimum Gasteiger partial charge on any atom is -0.483 e. The van der Waals surface area contributed by atoms with Crippen molar-refractivity contribution in [3.05, 3.63) is 88.1 Å². The van der Waals surface area contributed by atoms with Crippen molar-refractivity contribution in [3.8, 4) is 5.75 Å². The van der Waals surface area contributed by atoms with Crippen molar-refractivity contribution in [2.75, 3.05) is 6.61 Å². The first-order valence-corrected chi connectivity index (χ1v) is 9.62. The summed E-state index contributed by atoms with van der Waals surface area (Å²) in [5, 5.41) is 5.12. The molecular weight excluding hydrogens is 342 g/mol. The summed E-state index contributed by atoms with van der Waals surface area (Å²) in [4.78, 5) is 13.6. The number of para-hydroxylation sites is 1. The average Bonchev–Trinajstić information content (AvgIpc) is 3.19. The van der Waals surface area contributed by atoms with E-state index in [4.69, 9.17) is 4.74 Å². The lowest BCUT2D eigenvalue weighted by Crippen LogP contribution is -2.33. The summed E-state index contributed by atoms with van der Waals surface area (Å²) in [7, 11) is 0. The molecule has 3 rings (SSSR count). The van der Waals surface area contributed by atoms with Crippen molar-refractivity contribution >= 4 is 17.2 Å². The van der Waals surface area contributed by atoms with E-state index in [0.29, 0.717) is 5.92 Å². The molecule has 0 bridgehead atoms. The first kappa shape index (κ1) is 18.2. The molecule has 2 aromatic carbocycles. The van der Waals surface area contributed by atoms with E-state index in [0.717, 1.165) is 21.8 Å². The number of hydrogen-bond acceptors (Lipinski definition) is 3. The van der Waals surface area contributed by atoms with Crippen molar-refractivity contribution in [1.82, 2.24) is 5.32 Å². The molecule has 0 saturated carbocycles. The van der Waals surface area contributed by atoms with Crippen LogP contribution in [0.4, 0.5) is 0 Å². The first-order chi connectivity index (χ1) is 12.6. The zero-order valence-corrected chi connectivity index (χ0v) is 15.8. The van der Waals surface area contributed by atoms with E-state index in [-0.39, 0.29) is 18.6 Å². The predicted octanol–water partition coefficient (Wildman–Crippen LogP) is 5.16. The maximum Gasteiger partial charge on any atom is 0.258 e. The second kappa shape index (κ2) is 8.68. The Morgan fingerprint density at radius 3 is 2.42 bits per heavy atom. The Bertz CT molecular complexity index is 828. The largest absolute Gasteiger partial charge is 0.483 e. The minimum atomic E-state index is -0.160. The zero-order valence-electron chi connectivity index (χ0n) is 15.0. The Kier molecular flexibility index (Phi) is 6.08. The number of carbonyl (C=O) groups is 1. The van der Waals surface area contributed by atoms with Gasteiger partial charge in [-0.05, 0) is 34.6 Å². The fourth-order valence-corrected chi connectivity index (χ4v) is 3.66. The molecule has 1 aromatic heterocycles. The van der Waals surface area contributed by atoms with Crippen LogP contribution in [-0.4, -0.2) is 12.5 Å². The van der Waals surface area contributed by atoms with Crippen molar-refractivity contribution in [2.24, 2.45) is 0 Å². The number of nitrogens with one attached hydrogen (secondary N) is 1. The van der Waals surface area contributed by atoms with Crippen LogP contribution in [0.15, 0.2) is 72.1 Å². The Hall–Kier alpha value is -2.59. The highest BCUT2D eigenvalue weighted by Gasteiger charge is 2.18. The van der Waals surface area contributed by atoms with Crippen molar-refractivity contribution < 1.29 is 9.53 Å². The number of thiophene rings is 1. The van der Waals surface area contributed by atoms with Crippen LogP contribution in [0, 0.1) is 0 Å². The molecule has 134 valence electrons. The minimum absolute atomic E-state index is 0.00155. The van der Waals surface area contributed by atoms with E-state index in [1.54, 1.807) is 11.3 Å². The van der Waals surface area contributed by atoms with Gasteiger partial charge in [0.25, 0.3) is 5.91 Å². The van der Waals surface area contributed by atoms with Gasteiger partial charge in [-0.15, -0.1) is 11.3 Å². The van der Waals surface area contributed by atoms with Gasteiger partial charge in [-0.1, -0.05) is 68.4 Å². The lowest BCUT2D eigenvalue weighted by molar-refractivity contribution is -0.123. The third kappa shape index (κ3) is 4.52. The Morgan fingerprint density at radius 1 is 1.00 bits per heavy atom. The number of carbonyl (C=O) groups excluding carboxylic acids is 1. The highest BCUT2D eigenvalue weighted by atomic mass is 32.1. The van der Waals surface area contributed by atoms with Crippen LogP contribution in [0.5, 0.6) is 5.75 Å². The van der Waals surface area contributed by atoms with Crippen molar-refractivity contribution in [3.63, 3.8) is 0 Å². The summed E-state index contributed by atoms with van der Waals surface area (Å²) in [5.74, 6) is 0.980. The normalized spacial score (nSPS) is 12.0. The quantitative estimate of drug-likeness (QED) is 0.628. The van der Waals surface area contributed by atoms with E-state index in [1.165, 1.54) is 0 Å². The van der Waals surface area contributed by atoms with Crippen molar-refractivity contribution in [1.29, 1.82) is 0 Å². The lowest BCUT2D eigenvalue weighted by Gasteiger charge is -2.19. The highest BCUT2D eigenvalue weighted by molar-refractivity contribution is 7.10. The van der Waals surface area contributed by atoms with Crippen LogP contribution < -0.4 is 10.1 Å². The molecule has 0 radical (unpaired) electrons. The molecule has 1 heterocycles. The van der Waals surface area contributed by atoms with Crippen LogP contribution in [-0.2, 0) is 4.79 Å². The number of hydrogen-bond donors (Lipinski definition) is 1. The molecule has 4 heteroatoms. The molecule has 0 saturated heterocycles. The molecule has 0 spiro atoms. The summed E-state index contributed by atoms with van der Waals surface area (Å²) in [6.07, 6.45) is 0. The summed E-state index contributed by atoms with van der Waals surface area (Å²) in [5.41, 5.74) is 2.17. The smallest absolute Gasteiger partial charge is 0.258 e. The van der Waals surface area contributed by atoms with E-state index < -0.39 is 0 Å². The summed E-state index contributed by atoms with van der Waals surface area (Å²) >= 11 is 1.63. The van der Waals surface area contributed by atoms with Gasteiger partial charge in [0.1, 0.15) is 5.75 Å². The molecule has 0 aliphatic carbocycles. The van der Waals surface area contributed by atoms with Gasteiger partial charge in [0.15, 0.2) is 6.61 Å². The highest BCUT2D eigenvalue weighted by Crippen LogP contribution is 2.27. The Balaban J connectivity index is 1.70. The SMILES string of the molecule is CC(C)c1ccccc1OCC(=O)NC(c1ccccc1)c1cccs1. The molecule has 26 heavy (non-hydrogen) atoms. The Labute approximate surface area is 158 Å². The first-order valence-electron chi connectivity index (χ1n) is 8.74. The molecule has 1 N–H and O–H groups in total. The molecule has 3 aromatic rings. The van der Waals surface area contributed by atoms with Crippen LogP contribution in [0.1, 0.15) is 41.8 Å². The number of benzene rings is 2. The van der Waals surface area contributed by atoms with Gasteiger partial charge >= 0.3 is 0 Å². The summed E-state index contributed by atoms with van der Waals surface area (Å²) < 4.78 is 5.81. The van der Waals surface area contributed by atoms with Crippen LogP contribution in [0.3, 0.4) is 0 Å². The number of rotatable bonds is 7. The molecular formula is C22H23NO2S. The van der Waals surface area contributed by atoms with Gasteiger partial charge in [0.05, 0.1) is 6.04 Å². The average molecular weight is 365 g/mol. The second-order valence-corrected chi connectivity index (χ2v) is 7.39. The van der Waals surface area contributed by atoms with Gasteiger partial charge in [0.2, 0.25) is 0 Å². The van der Waals surface area contributed by atoms with Gasteiger partial charge in [-0.25, -0.2) is 0 Å². The third-order valence-corrected chi connectivity index (χ3v) is 5.10. The molecule has 1 unspecified atom stereocenters. The molecule has 0 aliphatic rings. The maximum absolute atomic E-state index is 12.5. The van der Waals surface area contributed by atoms with Gasteiger partial charge in [0, 0.05) is 4.88 Å². The zero-order chi connectivity index (χ0) is 18.4. The fraction of sp³-hybridized carbons (Fsp3) is 0.227. The van der Waals surface area contributed by atoms with E-state index >= 15 is 0 Å². The maximum atomic E-state index is 12.5. The molecule has 0 fully saturated rings. The van der Waals surface area contributed by atoms with E-state index in [9.17, 15) is 4.79 Å². The second-order valence-electron chi connectivity index (χ2n) is 6.41. The lowest BCUT2D eigenvalue weighted by atomic mass is 10.0. The van der Waals surface area contributed by atoms with E-state index in [2.05, 4.69) is 19.2 Å². The number of ether oxygens (including phenoxy) is 1. The topological polar surface area (TPSA) is 38.3 Å². The van der Waals surface area contributed by atoms with Gasteiger partial charge in [-0.2, -0.15) is 0 Å². The van der Waals surface area contributed by atoms with Crippen LogP contribution in [0.2, 0.25) is 0 Å². The van der Waals surface area contributed by atoms with Gasteiger partial charge < -0.3 is 10.1 Å². The van der Waals surface area contributed by atoms with Crippen LogP contribution >= 0.6 is 11.3 Å². The molecule has 0 aliphatic heterocycles. The third-order valence-electron chi connectivity index (χ3n) is 4.17. The standard InChI is InChI=1S/C22H23NO2S/c1-16(2)18-11-6-7-12-19(18)25-15-21(24)23-22(20-13-8-14-26-20)17-9-4-3-5-10-17/h3-14,16,22H,15H2,1-2H3,(H,23,24). The van der Waals surface area contributed by atoms with Gasteiger partial charge in [-0.3, -0.25) is 4.79 Å². The Morgan fingerprint density at radius 2 is 1.73 bits per heavy atom. The molecule has 1 atom stereocenters. The summed E-state index contributed by atoms with van der Waals surface area (Å²) in [6, 6.07) is 21.7. The van der Waals surface area contributed by atoms with E-state index in [1.807, 2.05) is 72.1 Å². The molecule has 1 amide bonds. The monoisotopic (exact) mass is 365 g/mol. The number of amides is 1. The van der Waals surface area contributed by atoms with Crippen LogP contribution in [0.25, 0.3) is 0 Å².